The molecule has 4 heteroatoms. The van der Waals surface area contributed by atoms with E-state index in [2.05, 4.69) is 6.07 Å². The average molecular weight is 411 g/mol. The Balaban J connectivity index is 1.54. The summed E-state index contributed by atoms with van der Waals surface area (Å²) in [6.45, 7) is 1.33. The Bertz CT molecular complexity index is 1070. The third kappa shape index (κ3) is 4.78. The largest absolute Gasteiger partial charge is 0.494 e. The molecule has 0 aromatic heterocycles. The molecule has 0 bridgehead atoms. The van der Waals surface area contributed by atoms with Gasteiger partial charge in [-0.05, 0) is 49.1 Å². The second kappa shape index (κ2) is 9.95. The zero-order valence-electron chi connectivity index (χ0n) is 17.5. The van der Waals surface area contributed by atoms with E-state index >= 15 is 0 Å². The number of carbonyl (C=O) groups is 1. The molecular formula is C27H26N2O2. The lowest BCUT2D eigenvalue weighted by Gasteiger charge is -2.36. The molecule has 4 rings (SSSR count). The Labute approximate surface area is 183 Å². The topological polar surface area (TPSA) is 53.3 Å². The standard InChI is InChI=1S/C27H26N2O2/c28-20-21-10-4-5-14-24(21)25-15-6-7-16-26(25)27(30)29-18-9-8-11-22(29)17-19-31-23-12-2-1-3-13-23/h1-7,10,12-16,22H,8-9,11,17-19H2. The maximum absolute atomic E-state index is 13.6. The molecule has 0 radical (unpaired) electrons. The van der Waals surface area contributed by atoms with Crippen LogP contribution in [0.25, 0.3) is 11.1 Å². The Morgan fingerprint density at radius 1 is 0.935 bits per heavy atom. The van der Waals surface area contributed by atoms with Crippen molar-refractivity contribution in [2.75, 3.05) is 13.2 Å². The van der Waals surface area contributed by atoms with E-state index in [1.807, 2.05) is 77.7 Å². The number of likely N-dealkylation sites (tertiary alicyclic amines) is 1. The molecule has 1 aliphatic rings. The summed E-state index contributed by atoms with van der Waals surface area (Å²) >= 11 is 0. The number of amides is 1. The van der Waals surface area contributed by atoms with Crippen molar-refractivity contribution in [3.05, 3.63) is 90.0 Å². The van der Waals surface area contributed by atoms with E-state index in [4.69, 9.17) is 4.74 Å². The zero-order chi connectivity index (χ0) is 21.5. The summed E-state index contributed by atoms with van der Waals surface area (Å²) in [7, 11) is 0. The van der Waals surface area contributed by atoms with Crippen molar-refractivity contribution in [3.8, 4) is 22.9 Å². The van der Waals surface area contributed by atoms with Gasteiger partial charge in [0, 0.05) is 30.1 Å². The summed E-state index contributed by atoms with van der Waals surface area (Å²) in [6.07, 6.45) is 3.93. The minimum Gasteiger partial charge on any atom is -0.494 e. The highest BCUT2D eigenvalue weighted by Crippen LogP contribution is 2.30. The number of piperidine rings is 1. The second-order valence-electron chi connectivity index (χ2n) is 7.80. The van der Waals surface area contributed by atoms with Gasteiger partial charge in [-0.25, -0.2) is 0 Å². The highest BCUT2D eigenvalue weighted by molar-refractivity contribution is 6.01. The predicted octanol–water partition coefficient (Wildman–Crippen LogP) is 5.69. The second-order valence-corrected chi connectivity index (χ2v) is 7.80. The monoisotopic (exact) mass is 410 g/mol. The van der Waals surface area contributed by atoms with Crippen LogP contribution < -0.4 is 4.74 Å². The third-order valence-corrected chi connectivity index (χ3v) is 5.85. The van der Waals surface area contributed by atoms with Gasteiger partial charge >= 0.3 is 0 Å². The molecule has 1 amide bonds. The lowest BCUT2D eigenvalue weighted by molar-refractivity contribution is 0.0581. The van der Waals surface area contributed by atoms with Crippen molar-refractivity contribution in [2.24, 2.45) is 0 Å². The van der Waals surface area contributed by atoms with E-state index in [-0.39, 0.29) is 11.9 Å². The van der Waals surface area contributed by atoms with Crippen molar-refractivity contribution in [3.63, 3.8) is 0 Å². The Morgan fingerprint density at radius 3 is 2.45 bits per heavy atom. The van der Waals surface area contributed by atoms with Crippen LogP contribution in [-0.4, -0.2) is 30.0 Å². The van der Waals surface area contributed by atoms with E-state index < -0.39 is 0 Å². The molecule has 3 aromatic rings. The molecule has 3 aromatic carbocycles. The number of rotatable bonds is 6. The van der Waals surface area contributed by atoms with Crippen molar-refractivity contribution >= 4 is 5.91 Å². The van der Waals surface area contributed by atoms with E-state index in [0.717, 1.165) is 49.1 Å². The molecule has 1 saturated heterocycles. The van der Waals surface area contributed by atoms with Gasteiger partial charge < -0.3 is 9.64 Å². The van der Waals surface area contributed by atoms with Crippen LogP contribution in [0.2, 0.25) is 0 Å². The maximum Gasteiger partial charge on any atom is 0.254 e. The molecule has 1 heterocycles. The lowest BCUT2D eigenvalue weighted by Crippen LogP contribution is -2.44. The first-order valence-corrected chi connectivity index (χ1v) is 10.9. The Hall–Kier alpha value is -3.58. The summed E-state index contributed by atoms with van der Waals surface area (Å²) in [4.78, 5) is 15.6. The van der Waals surface area contributed by atoms with Gasteiger partial charge in [-0.3, -0.25) is 4.79 Å². The van der Waals surface area contributed by atoms with Gasteiger partial charge in [-0.2, -0.15) is 5.26 Å². The van der Waals surface area contributed by atoms with Crippen molar-refractivity contribution in [2.45, 2.75) is 31.7 Å². The van der Waals surface area contributed by atoms with Crippen LogP contribution >= 0.6 is 0 Å². The summed E-state index contributed by atoms with van der Waals surface area (Å²) in [5, 5.41) is 9.53. The van der Waals surface area contributed by atoms with Crippen molar-refractivity contribution in [1.29, 1.82) is 5.26 Å². The van der Waals surface area contributed by atoms with E-state index in [0.29, 0.717) is 17.7 Å². The fraction of sp³-hybridized carbons (Fsp3) is 0.259. The number of nitriles is 1. The van der Waals surface area contributed by atoms with Crippen LogP contribution in [0.5, 0.6) is 5.75 Å². The summed E-state index contributed by atoms with van der Waals surface area (Å²) in [5.74, 6) is 0.891. The van der Waals surface area contributed by atoms with Crippen LogP contribution in [0.1, 0.15) is 41.6 Å². The van der Waals surface area contributed by atoms with Gasteiger partial charge in [0.1, 0.15) is 5.75 Å². The van der Waals surface area contributed by atoms with Gasteiger partial charge in [-0.1, -0.05) is 54.6 Å². The molecule has 1 atom stereocenters. The van der Waals surface area contributed by atoms with Gasteiger partial charge in [0.25, 0.3) is 5.91 Å². The lowest BCUT2D eigenvalue weighted by atomic mass is 9.93. The Morgan fingerprint density at radius 2 is 1.65 bits per heavy atom. The zero-order valence-corrected chi connectivity index (χ0v) is 17.5. The van der Waals surface area contributed by atoms with Crippen LogP contribution in [0.15, 0.2) is 78.9 Å². The molecule has 0 saturated carbocycles. The number of para-hydroxylation sites is 1. The number of carbonyl (C=O) groups excluding carboxylic acids is 1. The van der Waals surface area contributed by atoms with Gasteiger partial charge in [0.05, 0.1) is 18.2 Å². The smallest absolute Gasteiger partial charge is 0.254 e. The molecule has 31 heavy (non-hydrogen) atoms. The van der Waals surface area contributed by atoms with Crippen LogP contribution in [0.3, 0.4) is 0 Å². The number of nitrogens with zero attached hydrogens (tertiary/aromatic N) is 2. The Kier molecular flexibility index (Phi) is 6.64. The third-order valence-electron chi connectivity index (χ3n) is 5.85. The molecule has 1 unspecified atom stereocenters. The average Bonchev–Trinajstić information content (AvgIpc) is 2.84. The number of hydrogen-bond acceptors (Lipinski definition) is 3. The normalized spacial score (nSPS) is 15.8. The minimum atomic E-state index is 0.0350. The van der Waals surface area contributed by atoms with Gasteiger partial charge in [0.2, 0.25) is 0 Å². The summed E-state index contributed by atoms with van der Waals surface area (Å²) in [5.41, 5.74) is 2.85. The molecule has 156 valence electrons. The molecule has 0 N–H and O–H groups in total. The fourth-order valence-electron chi connectivity index (χ4n) is 4.27. The minimum absolute atomic E-state index is 0.0350. The molecule has 4 nitrogen and oxygen atoms in total. The first kappa shape index (κ1) is 20.7. The van der Waals surface area contributed by atoms with Gasteiger partial charge in [0.15, 0.2) is 0 Å². The summed E-state index contributed by atoms with van der Waals surface area (Å²) < 4.78 is 5.89. The molecule has 0 aliphatic carbocycles. The molecule has 0 spiro atoms. The van der Waals surface area contributed by atoms with E-state index in [1.54, 1.807) is 6.07 Å². The number of hydrogen-bond donors (Lipinski definition) is 0. The van der Waals surface area contributed by atoms with Crippen LogP contribution in [0, 0.1) is 11.3 Å². The van der Waals surface area contributed by atoms with Crippen molar-refractivity contribution < 1.29 is 9.53 Å². The van der Waals surface area contributed by atoms with Gasteiger partial charge in [-0.15, -0.1) is 0 Å². The quantitative estimate of drug-likeness (QED) is 0.525. The highest BCUT2D eigenvalue weighted by atomic mass is 16.5. The number of ether oxygens (including phenoxy) is 1. The first-order valence-electron chi connectivity index (χ1n) is 10.9. The maximum atomic E-state index is 13.6. The summed E-state index contributed by atoms with van der Waals surface area (Å²) in [6, 6.07) is 27.3. The fourth-order valence-corrected chi connectivity index (χ4v) is 4.27. The van der Waals surface area contributed by atoms with Crippen LogP contribution in [0.4, 0.5) is 0 Å². The molecule has 1 aliphatic heterocycles. The van der Waals surface area contributed by atoms with Crippen LogP contribution in [-0.2, 0) is 0 Å². The predicted molar refractivity (Wildman–Crippen MR) is 122 cm³/mol. The SMILES string of the molecule is N#Cc1ccccc1-c1ccccc1C(=O)N1CCCCC1CCOc1ccccc1. The molecule has 1 fully saturated rings. The number of benzene rings is 3. The van der Waals surface area contributed by atoms with E-state index in [9.17, 15) is 10.1 Å². The first-order chi connectivity index (χ1) is 15.3. The highest BCUT2D eigenvalue weighted by Gasteiger charge is 2.29. The molecular weight excluding hydrogens is 384 g/mol. The van der Waals surface area contributed by atoms with Crippen molar-refractivity contribution in [1.82, 2.24) is 4.90 Å². The van der Waals surface area contributed by atoms with E-state index in [1.165, 1.54) is 0 Å².